The Morgan fingerprint density at radius 1 is 1.20 bits per heavy atom. The van der Waals surface area contributed by atoms with Crippen LogP contribution in [-0.2, 0) is 11.3 Å². The molecule has 0 heterocycles. The van der Waals surface area contributed by atoms with Gasteiger partial charge < -0.3 is 15.7 Å². The molecule has 2 aromatic rings. The minimum atomic E-state index is -1.16. The number of amides is 1. The fraction of sp³-hybridized carbons (Fsp3) is 0.450. The third kappa shape index (κ3) is 5.46. The van der Waals surface area contributed by atoms with Crippen molar-refractivity contribution in [3.63, 3.8) is 0 Å². The van der Waals surface area contributed by atoms with E-state index >= 15 is 0 Å². The van der Waals surface area contributed by atoms with Crippen LogP contribution in [0.25, 0.3) is 10.8 Å². The highest BCUT2D eigenvalue weighted by Crippen LogP contribution is 2.20. The van der Waals surface area contributed by atoms with E-state index in [2.05, 4.69) is 26.0 Å². The number of carbonyl (C=O) groups excluding carboxylic acids is 1. The van der Waals surface area contributed by atoms with Gasteiger partial charge >= 0.3 is 0 Å². The number of aliphatic hydroxyl groups excluding tert-OH is 1. The Labute approximate surface area is 154 Å². The zero-order chi connectivity index (χ0) is 18.4. The van der Waals surface area contributed by atoms with Crippen LogP contribution in [0.1, 0.15) is 25.8 Å². The molecule has 0 unspecified atom stereocenters. The fourth-order valence-corrected chi connectivity index (χ4v) is 3.65. The van der Waals surface area contributed by atoms with Crippen molar-refractivity contribution in [3.05, 3.63) is 48.0 Å². The fourth-order valence-electron chi connectivity index (χ4n) is 2.77. The number of likely N-dealkylation sites (N-methyl/N-ethyl adjacent to an activating group) is 1. The predicted molar refractivity (Wildman–Crippen MR) is 107 cm³/mol. The van der Waals surface area contributed by atoms with Gasteiger partial charge in [-0.1, -0.05) is 56.3 Å². The molecule has 25 heavy (non-hydrogen) atoms. The van der Waals surface area contributed by atoms with Gasteiger partial charge in [-0.15, -0.1) is 0 Å². The Balaban J connectivity index is 1.99. The number of hydrogen-bond donors (Lipinski definition) is 2. The Bertz CT molecular complexity index is 700. The molecular weight excluding hydrogens is 332 g/mol. The van der Waals surface area contributed by atoms with E-state index < -0.39 is 12.1 Å². The predicted octanol–water partition coefficient (Wildman–Crippen LogP) is 3.02. The first kappa shape index (κ1) is 19.8. The highest BCUT2D eigenvalue weighted by Gasteiger charge is 2.26. The lowest BCUT2D eigenvalue weighted by molar-refractivity contribution is -0.140. The normalized spacial score (nSPS) is 13.8. The number of fused-ring (bicyclic) bond motifs is 1. The summed E-state index contributed by atoms with van der Waals surface area (Å²) in [6.07, 6.45) is -0.537. The van der Waals surface area contributed by atoms with Gasteiger partial charge in [0, 0.05) is 19.6 Å². The summed E-state index contributed by atoms with van der Waals surface area (Å²) >= 11 is 1.79. The van der Waals surface area contributed by atoms with Crippen molar-refractivity contribution in [2.24, 2.45) is 5.73 Å². The molecule has 5 heteroatoms. The van der Waals surface area contributed by atoms with E-state index in [0.717, 1.165) is 22.1 Å². The number of nitrogens with zero attached hydrogens (tertiary/aromatic N) is 1. The van der Waals surface area contributed by atoms with E-state index in [4.69, 9.17) is 5.73 Å². The second-order valence-electron chi connectivity index (χ2n) is 6.65. The molecule has 0 aromatic heterocycles. The molecule has 2 rings (SSSR count). The molecule has 3 N–H and O–H groups in total. The topological polar surface area (TPSA) is 66.6 Å². The molecule has 2 aromatic carbocycles. The van der Waals surface area contributed by atoms with E-state index in [1.54, 1.807) is 23.7 Å². The molecular formula is C20H28N2O2S. The summed E-state index contributed by atoms with van der Waals surface area (Å²) in [7, 11) is 1.71. The summed E-state index contributed by atoms with van der Waals surface area (Å²) in [5, 5.41) is 13.1. The minimum Gasteiger partial charge on any atom is -0.382 e. The number of rotatable bonds is 8. The lowest BCUT2D eigenvalue weighted by atomic mass is 10.0. The first-order chi connectivity index (χ1) is 11.9. The molecule has 2 atom stereocenters. The molecule has 136 valence electrons. The smallest absolute Gasteiger partial charge is 0.253 e. The highest BCUT2D eigenvalue weighted by molar-refractivity contribution is 7.99. The van der Waals surface area contributed by atoms with Gasteiger partial charge in [0.2, 0.25) is 0 Å². The molecule has 0 saturated carbocycles. The molecule has 0 aliphatic carbocycles. The summed E-state index contributed by atoms with van der Waals surface area (Å²) < 4.78 is 0. The summed E-state index contributed by atoms with van der Waals surface area (Å²) in [6, 6.07) is 13.6. The van der Waals surface area contributed by atoms with Crippen molar-refractivity contribution in [2.45, 2.75) is 44.2 Å². The molecule has 0 aliphatic heterocycles. The summed E-state index contributed by atoms with van der Waals surface area (Å²) in [6.45, 7) is 4.69. The Kier molecular flexibility index (Phi) is 7.29. The average Bonchev–Trinajstić information content (AvgIpc) is 2.60. The van der Waals surface area contributed by atoms with E-state index in [1.807, 2.05) is 30.3 Å². The van der Waals surface area contributed by atoms with Gasteiger partial charge in [0.1, 0.15) is 6.10 Å². The van der Waals surface area contributed by atoms with Gasteiger partial charge in [0.15, 0.2) is 0 Å². The zero-order valence-electron chi connectivity index (χ0n) is 15.2. The van der Waals surface area contributed by atoms with Crippen LogP contribution in [0.15, 0.2) is 42.5 Å². The lowest BCUT2D eigenvalue weighted by Crippen LogP contribution is -2.47. The maximum atomic E-state index is 12.5. The summed E-state index contributed by atoms with van der Waals surface area (Å²) in [5.74, 6) is 0.519. The van der Waals surface area contributed by atoms with Crippen LogP contribution in [0, 0.1) is 0 Å². The zero-order valence-corrected chi connectivity index (χ0v) is 16.0. The average molecular weight is 361 g/mol. The van der Waals surface area contributed by atoms with Crippen molar-refractivity contribution in [2.75, 3.05) is 12.8 Å². The molecule has 0 aliphatic rings. The van der Waals surface area contributed by atoms with Crippen LogP contribution in [0.4, 0.5) is 0 Å². The highest BCUT2D eigenvalue weighted by atomic mass is 32.2. The van der Waals surface area contributed by atoms with Crippen molar-refractivity contribution in [1.82, 2.24) is 4.90 Å². The number of benzene rings is 2. The molecule has 0 radical (unpaired) electrons. The van der Waals surface area contributed by atoms with Gasteiger partial charge in [0.05, 0.1) is 0 Å². The van der Waals surface area contributed by atoms with E-state index in [9.17, 15) is 9.90 Å². The van der Waals surface area contributed by atoms with Gasteiger partial charge in [-0.2, -0.15) is 11.8 Å². The molecule has 0 spiro atoms. The first-order valence-corrected chi connectivity index (χ1v) is 9.72. The Morgan fingerprint density at radius 3 is 2.60 bits per heavy atom. The minimum absolute atomic E-state index is 0.324. The van der Waals surface area contributed by atoms with Gasteiger partial charge in [-0.25, -0.2) is 0 Å². The molecule has 1 amide bonds. The largest absolute Gasteiger partial charge is 0.382 e. The van der Waals surface area contributed by atoms with Crippen LogP contribution < -0.4 is 5.73 Å². The monoisotopic (exact) mass is 360 g/mol. The number of hydrogen-bond acceptors (Lipinski definition) is 4. The number of aliphatic hydroxyl groups is 1. The molecule has 4 nitrogen and oxygen atoms in total. The van der Waals surface area contributed by atoms with Crippen LogP contribution in [-0.4, -0.2) is 46.1 Å². The van der Waals surface area contributed by atoms with E-state index in [1.165, 1.54) is 0 Å². The second-order valence-corrected chi connectivity index (χ2v) is 8.33. The van der Waals surface area contributed by atoms with E-state index in [0.29, 0.717) is 18.2 Å². The Morgan fingerprint density at radius 2 is 1.88 bits per heavy atom. The quantitative estimate of drug-likeness (QED) is 0.759. The summed E-state index contributed by atoms with van der Waals surface area (Å²) in [4.78, 5) is 14.1. The van der Waals surface area contributed by atoms with Crippen molar-refractivity contribution in [3.8, 4) is 0 Å². The number of carbonyl (C=O) groups is 1. The third-order valence-corrected chi connectivity index (χ3v) is 5.36. The summed E-state index contributed by atoms with van der Waals surface area (Å²) in [5.41, 5.74) is 7.08. The van der Waals surface area contributed by atoms with Crippen LogP contribution in [0.2, 0.25) is 0 Å². The van der Waals surface area contributed by atoms with Crippen molar-refractivity contribution in [1.29, 1.82) is 0 Å². The third-order valence-electron chi connectivity index (χ3n) is 4.22. The molecule has 0 bridgehead atoms. The van der Waals surface area contributed by atoms with Gasteiger partial charge in [-0.3, -0.25) is 4.79 Å². The van der Waals surface area contributed by atoms with Crippen molar-refractivity contribution >= 4 is 28.4 Å². The van der Waals surface area contributed by atoms with Crippen LogP contribution in [0.3, 0.4) is 0 Å². The maximum absolute atomic E-state index is 12.5. The van der Waals surface area contributed by atoms with Crippen molar-refractivity contribution < 1.29 is 9.90 Å². The Hall–Kier alpha value is -1.56. The van der Waals surface area contributed by atoms with Crippen LogP contribution >= 0.6 is 11.8 Å². The SMILES string of the molecule is CC(C)SCC[C@@H](N)[C@H](O)C(=O)N(C)Cc1cccc2ccccc12. The molecule has 0 fully saturated rings. The lowest BCUT2D eigenvalue weighted by Gasteiger charge is -2.25. The standard InChI is InChI=1S/C20H28N2O2S/c1-14(2)25-12-11-18(21)19(23)20(24)22(3)13-16-9-6-8-15-7-4-5-10-17(15)16/h4-10,14,18-19,23H,11-13,21H2,1-3H3/t18-,19+/m1/s1. The second kappa shape index (κ2) is 9.22. The van der Waals surface area contributed by atoms with Gasteiger partial charge in [-0.05, 0) is 33.8 Å². The van der Waals surface area contributed by atoms with Crippen LogP contribution in [0.5, 0.6) is 0 Å². The molecule has 0 saturated heterocycles. The number of thioether (sulfide) groups is 1. The first-order valence-electron chi connectivity index (χ1n) is 8.67. The maximum Gasteiger partial charge on any atom is 0.253 e. The van der Waals surface area contributed by atoms with Gasteiger partial charge in [0.25, 0.3) is 5.91 Å². The number of nitrogens with two attached hydrogens (primary N) is 1. The van der Waals surface area contributed by atoms with E-state index in [-0.39, 0.29) is 5.91 Å².